The van der Waals surface area contributed by atoms with E-state index in [4.69, 9.17) is 45.9 Å². The van der Waals surface area contributed by atoms with Crippen LogP contribution >= 0.6 is 11.8 Å². The summed E-state index contributed by atoms with van der Waals surface area (Å²) in [6.45, 7) is 6.74. The van der Waals surface area contributed by atoms with Gasteiger partial charge in [0.25, 0.3) is 0 Å². The SMILES string of the molecule is CSCCC(NC(=O)C(CCCN=C(N)N)NC(=O)C(N)CCCCN)C(=O)NC(CCCCN)C(=O)NC(C(=O)NC(C)C(=O)NC(CCCCN)C(=O)NC(CC(N)=O)C(=O)NC(C)C(=O)NC(CCC(N)=O)C(=O)O)C(C)C. The van der Waals surface area contributed by atoms with Crippen LogP contribution in [0.3, 0.4) is 0 Å². The second-order valence-corrected chi connectivity index (χ2v) is 20.7. The van der Waals surface area contributed by atoms with Gasteiger partial charge >= 0.3 is 5.97 Å². The van der Waals surface area contributed by atoms with Gasteiger partial charge in [0.05, 0.1) is 12.5 Å². The molecule has 0 aromatic rings. The van der Waals surface area contributed by atoms with E-state index in [9.17, 15) is 62.6 Å². The second-order valence-electron chi connectivity index (χ2n) is 19.8. The van der Waals surface area contributed by atoms with Crippen LogP contribution < -0.4 is 93.7 Å². The first kappa shape index (κ1) is 74.1. The zero-order valence-electron chi connectivity index (χ0n) is 47.3. The lowest BCUT2D eigenvalue weighted by Crippen LogP contribution is -2.61. The predicted octanol–water partition coefficient (Wildman–Crippen LogP) is -6.21. The molecule has 0 rings (SSSR count). The number of guanidine groups is 1. The molecule has 0 aliphatic carbocycles. The highest BCUT2D eigenvalue weighted by Gasteiger charge is 2.35. The van der Waals surface area contributed by atoms with Crippen molar-refractivity contribution in [1.82, 2.24) is 47.9 Å². The Hall–Kier alpha value is -6.90. The van der Waals surface area contributed by atoms with E-state index in [1.807, 2.05) is 0 Å². The van der Waals surface area contributed by atoms with Gasteiger partial charge in [0.1, 0.15) is 54.4 Å². The highest BCUT2D eigenvalue weighted by molar-refractivity contribution is 7.98. The maximum Gasteiger partial charge on any atom is 0.326 e. The molecule has 32 heteroatoms. The predicted molar refractivity (Wildman–Crippen MR) is 303 cm³/mol. The Morgan fingerprint density at radius 2 is 0.840 bits per heavy atom. The molecule has 0 aromatic heterocycles. The largest absolute Gasteiger partial charge is 0.480 e. The summed E-state index contributed by atoms with van der Waals surface area (Å²) in [7, 11) is 0. The minimum Gasteiger partial charge on any atom is -0.480 e. The van der Waals surface area contributed by atoms with Gasteiger partial charge in [-0.05, 0) is 128 Å². The van der Waals surface area contributed by atoms with E-state index in [0.29, 0.717) is 50.8 Å². The first-order valence-electron chi connectivity index (χ1n) is 27.1. The number of primary amides is 2. The van der Waals surface area contributed by atoms with Crippen molar-refractivity contribution in [1.29, 1.82) is 0 Å². The number of thioether (sulfide) groups is 1. The molecule has 26 N–H and O–H groups in total. The third kappa shape index (κ3) is 31.6. The fourth-order valence-corrected chi connectivity index (χ4v) is 8.09. The normalized spacial score (nSPS) is 14.7. The van der Waals surface area contributed by atoms with E-state index in [-0.39, 0.29) is 77.0 Å². The van der Waals surface area contributed by atoms with E-state index in [1.54, 1.807) is 20.1 Å². The van der Waals surface area contributed by atoms with Crippen LogP contribution in [0.1, 0.15) is 124 Å². The van der Waals surface area contributed by atoms with Crippen LogP contribution in [-0.4, -0.2) is 181 Å². The number of nitrogens with two attached hydrogens (primary N) is 8. The first-order valence-corrected chi connectivity index (χ1v) is 28.5. The summed E-state index contributed by atoms with van der Waals surface area (Å²) in [4.78, 5) is 162. The van der Waals surface area contributed by atoms with Gasteiger partial charge in [-0.15, -0.1) is 0 Å². The summed E-state index contributed by atoms with van der Waals surface area (Å²) in [5.74, 6) is -11.3. The fraction of sp³-hybridized carbons (Fsp3) is 0.735. The van der Waals surface area contributed by atoms with E-state index in [2.05, 4.69) is 52.8 Å². The lowest BCUT2D eigenvalue weighted by atomic mass is 10.0. The Morgan fingerprint density at radius 3 is 1.27 bits per heavy atom. The Bertz CT molecular complexity index is 2100. The number of hydrogen-bond acceptors (Lipinski definition) is 18. The van der Waals surface area contributed by atoms with Crippen LogP contribution in [0.4, 0.5) is 0 Å². The summed E-state index contributed by atoms with van der Waals surface area (Å²) in [6, 6.07) is -13.3. The zero-order chi connectivity index (χ0) is 61.8. The van der Waals surface area contributed by atoms with E-state index in [0.717, 1.165) is 0 Å². The molecule has 462 valence electrons. The number of carboxylic acid groups (broad SMARTS) is 1. The number of hydrogen-bond donors (Lipinski definition) is 18. The lowest BCUT2D eigenvalue weighted by Gasteiger charge is -2.28. The number of rotatable bonds is 44. The standard InChI is InChI=1S/C49H92N18O13S/c1-26(2)38(67-45(76)31(15-8-11-22-52)63-44(75)33(19-24-81-5)64-42(73)32(16-12-23-58-49(56)57)62-41(72)29(53)13-6-9-20-50)47(78)60-28(4)39(70)61-30(14-7-10-21-51)43(74)66-35(25-37(55)69)46(77)59-27(3)40(71)65-34(48(79)80)17-18-36(54)68/h26-35,38H,6-25,50-53H2,1-5H3,(H2,54,68)(H2,55,69)(H,59,77)(H,60,78)(H,61,70)(H,62,72)(H,63,75)(H,64,73)(H,65,71)(H,66,74)(H,67,76)(H,79,80)(H4,56,57,58). The minimum atomic E-state index is -1.70. The molecule has 10 unspecified atom stereocenters. The minimum absolute atomic E-state index is 0.0483. The summed E-state index contributed by atoms with van der Waals surface area (Å²) in [5.41, 5.74) is 44.5. The number of carbonyl (C=O) groups is 12. The number of nitrogens with zero attached hydrogens (tertiary/aromatic N) is 1. The van der Waals surface area contributed by atoms with E-state index < -0.39 is 144 Å². The molecule has 0 bridgehead atoms. The van der Waals surface area contributed by atoms with Gasteiger partial charge in [0.2, 0.25) is 65.0 Å². The highest BCUT2D eigenvalue weighted by atomic mass is 32.2. The summed E-state index contributed by atoms with van der Waals surface area (Å²) in [6.07, 6.45) is 3.80. The van der Waals surface area contributed by atoms with Crippen molar-refractivity contribution >= 4 is 88.7 Å². The number of amides is 11. The van der Waals surface area contributed by atoms with Crippen LogP contribution in [0.5, 0.6) is 0 Å². The van der Waals surface area contributed by atoms with Gasteiger partial charge in [-0.2, -0.15) is 11.8 Å². The number of carboxylic acids is 1. The maximum absolute atomic E-state index is 14.1. The average Bonchev–Trinajstić information content (AvgIpc) is 3.41. The average molecular weight is 1170 g/mol. The molecular formula is C49H92N18O13S. The summed E-state index contributed by atoms with van der Waals surface area (Å²) in [5, 5.41) is 32.1. The molecule has 0 aromatic carbocycles. The molecule has 10 atom stereocenters. The van der Waals surface area contributed by atoms with Crippen molar-refractivity contribution in [3.05, 3.63) is 0 Å². The molecule has 0 saturated heterocycles. The van der Waals surface area contributed by atoms with Gasteiger partial charge in [0.15, 0.2) is 5.96 Å². The second kappa shape index (κ2) is 41.1. The third-order valence-electron chi connectivity index (χ3n) is 12.4. The Kier molecular flexibility index (Phi) is 37.6. The number of unbranched alkanes of at least 4 members (excludes halogenated alkanes) is 3. The van der Waals surface area contributed by atoms with Crippen molar-refractivity contribution in [3.63, 3.8) is 0 Å². The Balaban J connectivity index is 6.44. The molecule has 0 radical (unpaired) electrons. The molecule has 0 fully saturated rings. The van der Waals surface area contributed by atoms with Crippen molar-refractivity contribution in [2.75, 3.05) is 38.2 Å². The van der Waals surface area contributed by atoms with Crippen molar-refractivity contribution < 1.29 is 62.6 Å². The Labute approximate surface area is 477 Å². The summed E-state index contributed by atoms with van der Waals surface area (Å²) < 4.78 is 0. The quantitative estimate of drug-likeness (QED) is 0.0153. The number of aliphatic imine (C=N–C) groups is 1. The molecule has 11 amide bonds. The molecule has 0 aliphatic heterocycles. The first-order chi connectivity index (χ1) is 38.1. The molecule has 81 heavy (non-hydrogen) atoms. The van der Waals surface area contributed by atoms with E-state index >= 15 is 0 Å². The van der Waals surface area contributed by atoms with E-state index in [1.165, 1.54) is 25.6 Å². The monoisotopic (exact) mass is 1170 g/mol. The van der Waals surface area contributed by atoms with Crippen LogP contribution in [0.25, 0.3) is 0 Å². The zero-order valence-corrected chi connectivity index (χ0v) is 48.1. The van der Waals surface area contributed by atoms with Crippen LogP contribution in [0.2, 0.25) is 0 Å². The number of carbonyl (C=O) groups excluding carboxylic acids is 11. The molecule has 31 nitrogen and oxygen atoms in total. The topological polar surface area (TPSA) is 554 Å². The van der Waals surface area contributed by atoms with Crippen molar-refractivity contribution in [3.8, 4) is 0 Å². The molecule has 0 aliphatic rings. The van der Waals surface area contributed by atoms with Gasteiger partial charge in [-0.1, -0.05) is 20.3 Å². The van der Waals surface area contributed by atoms with Gasteiger partial charge in [-0.3, -0.25) is 57.7 Å². The lowest BCUT2D eigenvalue weighted by molar-refractivity contribution is -0.142. The van der Waals surface area contributed by atoms with Gasteiger partial charge in [0, 0.05) is 13.0 Å². The highest BCUT2D eigenvalue weighted by Crippen LogP contribution is 2.11. The van der Waals surface area contributed by atoms with Crippen LogP contribution in [0, 0.1) is 5.92 Å². The molecule has 0 saturated carbocycles. The third-order valence-corrected chi connectivity index (χ3v) is 13.0. The number of aliphatic carboxylic acids is 1. The van der Waals surface area contributed by atoms with Gasteiger partial charge < -0.3 is 98.8 Å². The fourth-order valence-electron chi connectivity index (χ4n) is 7.62. The molecule has 0 spiro atoms. The summed E-state index contributed by atoms with van der Waals surface area (Å²) >= 11 is 1.39. The molecular weight excluding hydrogens is 1080 g/mol. The van der Waals surface area contributed by atoms with Gasteiger partial charge in [-0.25, -0.2) is 4.79 Å². The van der Waals surface area contributed by atoms with Crippen LogP contribution in [0.15, 0.2) is 4.99 Å². The van der Waals surface area contributed by atoms with Crippen LogP contribution in [-0.2, 0) is 57.5 Å². The van der Waals surface area contributed by atoms with Crippen molar-refractivity contribution in [2.24, 2.45) is 56.8 Å². The molecule has 0 heterocycles. The smallest absolute Gasteiger partial charge is 0.326 e. The Morgan fingerprint density at radius 1 is 0.444 bits per heavy atom. The number of nitrogens with one attached hydrogen (secondary N) is 9. The maximum atomic E-state index is 14.1. The van der Waals surface area contributed by atoms with Crippen molar-refractivity contribution in [2.45, 2.75) is 184 Å².